The van der Waals surface area contributed by atoms with E-state index in [2.05, 4.69) is 34.1 Å². The van der Waals surface area contributed by atoms with Crippen LogP contribution in [0.4, 0.5) is 0 Å². The Bertz CT molecular complexity index is 1250. The molecule has 43 heavy (non-hydrogen) atoms. The van der Waals surface area contributed by atoms with Gasteiger partial charge in [-0.3, -0.25) is 14.4 Å². The molecule has 0 spiro atoms. The summed E-state index contributed by atoms with van der Waals surface area (Å²) in [6.07, 6.45) is 8.61. The molecule has 9 nitrogen and oxygen atoms in total. The molecule has 2 aromatic carbocycles. The molecule has 0 radical (unpaired) electrons. The van der Waals surface area contributed by atoms with Crippen molar-refractivity contribution in [3.05, 3.63) is 65.2 Å². The number of aliphatic hydroxyl groups excluding tert-OH is 1. The summed E-state index contributed by atoms with van der Waals surface area (Å²) in [5, 5.41) is 19.7. The predicted molar refractivity (Wildman–Crippen MR) is 165 cm³/mol. The quantitative estimate of drug-likeness (QED) is 0.435. The number of nitrogens with zero attached hydrogens (tertiary/aromatic N) is 1. The first kappa shape index (κ1) is 31.0. The maximum atomic E-state index is 14.0. The Kier molecular flexibility index (Phi) is 10.7. The van der Waals surface area contributed by atoms with E-state index in [1.165, 1.54) is 10.5 Å². The molecule has 1 fully saturated rings. The number of aliphatic hydroxyl groups is 1. The van der Waals surface area contributed by atoms with Gasteiger partial charge < -0.3 is 30.7 Å². The number of likely N-dealkylation sites (N-methyl/N-ethyl adjacent to an activating group) is 1. The average molecular weight is 591 g/mol. The molecule has 2 aromatic rings. The minimum absolute atomic E-state index is 0.0767. The highest BCUT2D eigenvalue weighted by Gasteiger charge is 2.37. The Morgan fingerprint density at radius 1 is 0.884 bits per heavy atom. The molecular weight excluding hydrogens is 544 g/mol. The summed E-state index contributed by atoms with van der Waals surface area (Å²) in [6, 6.07) is 13.3. The van der Waals surface area contributed by atoms with Crippen LogP contribution in [0.15, 0.2) is 48.5 Å². The van der Waals surface area contributed by atoms with Gasteiger partial charge in [0.25, 0.3) is 0 Å². The number of rotatable bonds is 4. The van der Waals surface area contributed by atoms with Crippen LogP contribution in [0.2, 0.25) is 0 Å². The van der Waals surface area contributed by atoms with Crippen molar-refractivity contribution in [2.75, 3.05) is 26.7 Å². The molecule has 2 heterocycles. The van der Waals surface area contributed by atoms with Crippen molar-refractivity contribution in [2.24, 2.45) is 5.92 Å². The van der Waals surface area contributed by atoms with E-state index in [4.69, 9.17) is 4.74 Å². The molecule has 0 aromatic heterocycles. The number of amides is 3. The summed E-state index contributed by atoms with van der Waals surface area (Å²) in [6.45, 7) is 0.426. The van der Waals surface area contributed by atoms with Gasteiger partial charge in [-0.2, -0.15) is 0 Å². The normalized spacial score (nSPS) is 26.5. The maximum absolute atomic E-state index is 14.0. The summed E-state index contributed by atoms with van der Waals surface area (Å²) >= 11 is 0. The van der Waals surface area contributed by atoms with Gasteiger partial charge in [-0.15, -0.1) is 0 Å². The third kappa shape index (κ3) is 7.75. The molecule has 2 bridgehead atoms. The van der Waals surface area contributed by atoms with Crippen LogP contribution < -0.4 is 20.7 Å². The SMILES string of the molecule is CN1C(=O)[C@@H](C2CCCCC2)NCC2CCc3cccc(c3O2)CCCNC(=O)[C@H](Cc2ccccc2)NC(=O)[C@H]1CO. The summed E-state index contributed by atoms with van der Waals surface area (Å²) in [7, 11) is 1.57. The fourth-order valence-electron chi connectivity index (χ4n) is 6.75. The van der Waals surface area contributed by atoms with Crippen LogP contribution in [0, 0.1) is 5.92 Å². The molecule has 3 amide bonds. The van der Waals surface area contributed by atoms with Crippen LogP contribution in [-0.4, -0.2) is 78.7 Å². The summed E-state index contributed by atoms with van der Waals surface area (Å²) in [4.78, 5) is 42.4. The van der Waals surface area contributed by atoms with Gasteiger partial charge in [-0.05, 0) is 61.1 Å². The van der Waals surface area contributed by atoms with Gasteiger partial charge >= 0.3 is 0 Å². The topological polar surface area (TPSA) is 120 Å². The first-order valence-corrected chi connectivity index (χ1v) is 15.9. The molecule has 1 aliphatic carbocycles. The molecule has 4 N–H and O–H groups in total. The molecule has 232 valence electrons. The number of aryl methyl sites for hydroxylation is 2. The third-order valence-corrected chi connectivity index (χ3v) is 9.28. The monoisotopic (exact) mass is 590 g/mol. The highest BCUT2D eigenvalue weighted by Crippen LogP contribution is 2.33. The van der Waals surface area contributed by atoms with Gasteiger partial charge in [0.1, 0.15) is 23.9 Å². The Morgan fingerprint density at radius 2 is 1.63 bits per heavy atom. The van der Waals surface area contributed by atoms with Crippen LogP contribution in [0.25, 0.3) is 0 Å². The van der Waals surface area contributed by atoms with Gasteiger partial charge in [0.15, 0.2) is 0 Å². The van der Waals surface area contributed by atoms with Gasteiger partial charge in [0.2, 0.25) is 17.7 Å². The van der Waals surface area contributed by atoms with Crippen molar-refractivity contribution in [3.8, 4) is 5.75 Å². The highest BCUT2D eigenvalue weighted by atomic mass is 16.5. The van der Waals surface area contributed by atoms with E-state index >= 15 is 0 Å². The Hall–Kier alpha value is -3.43. The summed E-state index contributed by atoms with van der Waals surface area (Å²) in [5.74, 6) is 0.00953. The Morgan fingerprint density at radius 3 is 2.37 bits per heavy atom. The summed E-state index contributed by atoms with van der Waals surface area (Å²) in [5.41, 5.74) is 3.22. The number of hydrogen-bond acceptors (Lipinski definition) is 6. The number of ether oxygens (including phenoxy) is 1. The smallest absolute Gasteiger partial charge is 0.245 e. The van der Waals surface area contributed by atoms with Crippen molar-refractivity contribution in [1.82, 2.24) is 20.9 Å². The van der Waals surface area contributed by atoms with E-state index in [1.807, 2.05) is 30.3 Å². The van der Waals surface area contributed by atoms with Gasteiger partial charge in [0, 0.05) is 26.6 Å². The molecule has 0 saturated heterocycles. The molecule has 1 saturated carbocycles. The maximum Gasteiger partial charge on any atom is 0.245 e. The van der Waals surface area contributed by atoms with Gasteiger partial charge in [-0.1, -0.05) is 67.8 Å². The number of carbonyl (C=O) groups is 3. The molecule has 1 unspecified atom stereocenters. The van der Waals surface area contributed by atoms with Gasteiger partial charge in [-0.25, -0.2) is 0 Å². The van der Waals surface area contributed by atoms with Gasteiger partial charge in [0.05, 0.1) is 12.6 Å². The zero-order valence-electron chi connectivity index (χ0n) is 25.2. The number of benzene rings is 2. The zero-order chi connectivity index (χ0) is 30.2. The minimum atomic E-state index is -1.12. The third-order valence-electron chi connectivity index (χ3n) is 9.28. The first-order chi connectivity index (χ1) is 20.9. The van der Waals surface area contributed by atoms with Crippen molar-refractivity contribution < 1.29 is 24.2 Å². The second-order valence-corrected chi connectivity index (χ2v) is 12.3. The van der Waals surface area contributed by atoms with E-state index in [9.17, 15) is 19.5 Å². The minimum Gasteiger partial charge on any atom is -0.489 e. The van der Waals surface area contributed by atoms with E-state index in [0.29, 0.717) is 19.5 Å². The molecule has 5 rings (SSSR count). The largest absolute Gasteiger partial charge is 0.489 e. The molecular formula is C34H46N4O5. The zero-order valence-corrected chi connectivity index (χ0v) is 25.2. The van der Waals surface area contributed by atoms with E-state index in [-0.39, 0.29) is 23.8 Å². The van der Waals surface area contributed by atoms with Crippen LogP contribution in [0.5, 0.6) is 5.75 Å². The predicted octanol–water partition coefficient (Wildman–Crippen LogP) is 2.53. The fraction of sp³-hybridized carbons (Fsp3) is 0.559. The lowest BCUT2D eigenvalue weighted by Gasteiger charge is -2.37. The van der Waals surface area contributed by atoms with Crippen molar-refractivity contribution in [2.45, 2.75) is 88.4 Å². The van der Waals surface area contributed by atoms with Crippen molar-refractivity contribution >= 4 is 17.7 Å². The van der Waals surface area contributed by atoms with Crippen LogP contribution in [0.1, 0.15) is 61.6 Å². The first-order valence-electron chi connectivity index (χ1n) is 15.9. The molecule has 2 aliphatic heterocycles. The lowest BCUT2D eigenvalue weighted by atomic mass is 9.83. The average Bonchev–Trinajstić information content (AvgIpc) is 3.03. The number of fused-ring (bicyclic) bond motifs is 1. The van der Waals surface area contributed by atoms with E-state index in [0.717, 1.165) is 74.7 Å². The lowest BCUT2D eigenvalue weighted by molar-refractivity contribution is -0.144. The lowest BCUT2D eigenvalue weighted by Crippen LogP contribution is -2.60. The van der Waals surface area contributed by atoms with Crippen LogP contribution in [-0.2, 0) is 33.6 Å². The van der Waals surface area contributed by atoms with E-state index < -0.39 is 30.6 Å². The van der Waals surface area contributed by atoms with Crippen molar-refractivity contribution in [3.63, 3.8) is 0 Å². The number of para-hydroxylation sites is 1. The second-order valence-electron chi connectivity index (χ2n) is 12.3. The standard InChI is InChI=1S/C34H46N4O5/c1-38-29(22-39)33(41)37-28(20-23-10-4-2-5-11-23)32(40)35-19-9-16-25-14-8-15-26-17-18-27(43-31(25)26)21-36-30(34(38)42)24-12-6-3-7-13-24/h2,4-5,8,10-11,14-15,24,27-30,36,39H,3,6-7,9,12-13,16-22H2,1H3,(H,35,40)(H,37,41)/t27?,28-,29+,30+/m0/s1. The Labute approximate surface area is 254 Å². The molecule has 3 aliphatic rings. The fourth-order valence-corrected chi connectivity index (χ4v) is 6.75. The van der Waals surface area contributed by atoms with Crippen LogP contribution in [0.3, 0.4) is 0 Å². The number of hydrogen-bond donors (Lipinski definition) is 4. The second kappa shape index (κ2) is 14.8. The number of nitrogens with one attached hydrogen (secondary N) is 3. The molecule has 9 heteroatoms. The van der Waals surface area contributed by atoms with Crippen molar-refractivity contribution in [1.29, 1.82) is 0 Å². The number of carbonyl (C=O) groups excluding carboxylic acids is 3. The van der Waals surface area contributed by atoms with E-state index in [1.54, 1.807) is 7.05 Å². The summed E-state index contributed by atoms with van der Waals surface area (Å²) < 4.78 is 6.54. The van der Waals surface area contributed by atoms with Crippen LogP contribution >= 0.6 is 0 Å². The highest BCUT2D eigenvalue weighted by molar-refractivity contribution is 5.93. The Balaban J connectivity index is 1.43. The molecule has 4 atom stereocenters.